The molecule has 3 rings (SSSR count). The first kappa shape index (κ1) is 26.1. The molecule has 3 atom stereocenters. The SMILES string of the molecule is CCNC(=NCc1csc(-c2ccc(OC)cc2)n1)NC1CCCC(S(=O)CC)C1.I. The molecule has 0 aliphatic heterocycles. The maximum absolute atomic E-state index is 12.2. The van der Waals surface area contributed by atoms with Gasteiger partial charge in [0.1, 0.15) is 10.8 Å². The van der Waals surface area contributed by atoms with Gasteiger partial charge in [-0.3, -0.25) is 4.21 Å². The third kappa shape index (κ3) is 7.71. The Bertz CT molecular complexity index is 857. The van der Waals surface area contributed by atoms with Crippen LogP contribution in [-0.2, 0) is 17.3 Å². The molecule has 0 amide bonds. The second-order valence-electron chi connectivity index (χ2n) is 7.37. The lowest BCUT2D eigenvalue weighted by molar-refractivity contribution is 0.413. The number of aromatic nitrogens is 1. The highest BCUT2D eigenvalue weighted by Crippen LogP contribution is 2.26. The van der Waals surface area contributed by atoms with Crippen LogP contribution in [0.15, 0.2) is 34.6 Å². The molecule has 1 aliphatic rings. The number of nitrogens with one attached hydrogen (secondary N) is 2. The van der Waals surface area contributed by atoms with Gasteiger partial charge in [0.15, 0.2) is 5.96 Å². The van der Waals surface area contributed by atoms with Crippen molar-refractivity contribution in [1.29, 1.82) is 0 Å². The lowest BCUT2D eigenvalue weighted by Gasteiger charge is -2.30. The maximum Gasteiger partial charge on any atom is 0.191 e. The first-order valence-electron chi connectivity index (χ1n) is 10.6. The van der Waals surface area contributed by atoms with E-state index in [4.69, 9.17) is 14.7 Å². The molecule has 2 N–H and O–H groups in total. The fourth-order valence-corrected chi connectivity index (χ4v) is 5.83. The average Bonchev–Trinajstić information content (AvgIpc) is 3.26. The van der Waals surface area contributed by atoms with Crippen molar-refractivity contribution >= 4 is 52.1 Å². The predicted octanol–water partition coefficient (Wildman–Crippen LogP) is 4.57. The highest BCUT2D eigenvalue weighted by atomic mass is 127. The van der Waals surface area contributed by atoms with Gasteiger partial charge in [0, 0.05) is 45.3 Å². The molecule has 31 heavy (non-hydrogen) atoms. The Morgan fingerprint density at radius 1 is 1.29 bits per heavy atom. The summed E-state index contributed by atoms with van der Waals surface area (Å²) in [6.07, 6.45) is 4.23. The molecule has 1 fully saturated rings. The minimum absolute atomic E-state index is 0. The summed E-state index contributed by atoms with van der Waals surface area (Å²) in [4.78, 5) is 9.48. The van der Waals surface area contributed by atoms with Gasteiger partial charge in [0.25, 0.3) is 0 Å². The molecule has 1 aromatic carbocycles. The molecule has 0 bridgehead atoms. The summed E-state index contributed by atoms with van der Waals surface area (Å²) >= 11 is 1.63. The van der Waals surface area contributed by atoms with E-state index in [1.54, 1.807) is 18.4 Å². The quantitative estimate of drug-likeness (QED) is 0.274. The van der Waals surface area contributed by atoms with Crippen LogP contribution in [0.3, 0.4) is 0 Å². The van der Waals surface area contributed by atoms with Crippen LogP contribution < -0.4 is 15.4 Å². The van der Waals surface area contributed by atoms with Crippen LogP contribution in [0.1, 0.15) is 45.2 Å². The van der Waals surface area contributed by atoms with Crippen molar-refractivity contribution in [2.75, 3.05) is 19.4 Å². The summed E-state index contributed by atoms with van der Waals surface area (Å²) < 4.78 is 17.4. The molecule has 0 spiro atoms. The summed E-state index contributed by atoms with van der Waals surface area (Å²) in [5.74, 6) is 2.39. The number of aliphatic imine (C=N–C) groups is 1. The normalized spacial score (nSPS) is 19.9. The molecule has 1 aliphatic carbocycles. The number of nitrogens with zero attached hydrogens (tertiary/aromatic N) is 2. The number of halogens is 1. The number of rotatable bonds is 8. The fraction of sp³-hybridized carbons (Fsp3) is 0.545. The van der Waals surface area contributed by atoms with E-state index in [1.165, 1.54) is 0 Å². The van der Waals surface area contributed by atoms with Crippen molar-refractivity contribution in [3.05, 3.63) is 35.3 Å². The van der Waals surface area contributed by atoms with Crippen LogP contribution in [0.2, 0.25) is 0 Å². The Hall–Kier alpha value is -1.20. The van der Waals surface area contributed by atoms with Gasteiger partial charge in [-0.15, -0.1) is 35.3 Å². The van der Waals surface area contributed by atoms with Gasteiger partial charge in [0.05, 0.1) is 19.3 Å². The number of hydrogen-bond donors (Lipinski definition) is 2. The zero-order valence-corrected chi connectivity index (χ0v) is 22.4. The summed E-state index contributed by atoms with van der Waals surface area (Å²) in [5, 5.41) is 10.2. The molecule has 6 nitrogen and oxygen atoms in total. The minimum atomic E-state index is -0.721. The van der Waals surface area contributed by atoms with Gasteiger partial charge in [-0.1, -0.05) is 13.3 Å². The van der Waals surface area contributed by atoms with Crippen molar-refractivity contribution in [3.8, 4) is 16.3 Å². The first-order valence-corrected chi connectivity index (χ1v) is 12.9. The lowest BCUT2D eigenvalue weighted by Crippen LogP contribution is -2.46. The first-order chi connectivity index (χ1) is 14.6. The Morgan fingerprint density at radius 2 is 2.06 bits per heavy atom. The molecular formula is C22H33IN4O2S2. The smallest absolute Gasteiger partial charge is 0.191 e. The molecule has 1 aromatic heterocycles. The van der Waals surface area contributed by atoms with Gasteiger partial charge in [-0.2, -0.15) is 0 Å². The lowest BCUT2D eigenvalue weighted by atomic mass is 9.95. The summed E-state index contributed by atoms with van der Waals surface area (Å²) in [6, 6.07) is 8.27. The largest absolute Gasteiger partial charge is 0.497 e. The van der Waals surface area contributed by atoms with E-state index in [1.807, 2.05) is 31.2 Å². The standard InChI is InChI=1S/C22H32N4O2S2.HI/c1-4-23-22(26-17-7-6-8-20(13-17)30(27)5-2)24-14-18-15-29-21(25-18)16-9-11-19(28-3)12-10-16;/h9-12,15,17,20H,4-8,13-14H2,1-3H3,(H2,23,24,26);1H. The third-order valence-electron chi connectivity index (χ3n) is 5.26. The predicted molar refractivity (Wildman–Crippen MR) is 142 cm³/mol. The maximum atomic E-state index is 12.2. The van der Waals surface area contributed by atoms with Crippen LogP contribution in [0.5, 0.6) is 5.75 Å². The van der Waals surface area contributed by atoms with Crippen molar-refractivity contribution in [2.24, 2.45) is 4.99 Å². The summed E-state index contributed by atoms with van der Waals surface area (Å²) in [7, 11) is 0.947. The molecule has 0 saturated heterocycles. The monoisotopic (exact) mass is 576 g/mol. The van der Waals surface area contributed by atoms with Crippen molar-refractivity contribution in [3.63, 3.8) is 0 Å². The third-order valence-corrected chi connectivity index (χ3v) is 7.94. The van der Waals surface area contributed by atoms with E-state index in [2.05, 4.69) is 22.9 Å². The Kier molecular flexibility index (Phi) is 11.2. The second kappa shape index (κ2) is 13.4. The molecule has 172 valence electrons. The van der Waals surface area contributed by atoms with Crippen molar-refractivity contribution < 1.29 is 8.95 Å². The highest BCUT2D eigenvalue weighted by molar-refractivity contribution is 14.0. The zero-order valence-electron chi connectivity index (χ0n) is 18.4. The number of ether oxygens (including phenoxy) is 1. The van der Waals surface area contributed by atoms with E-state index < -0.39 is 10.8 Å². The number of methoxy groups -OCH3 is 1. The zero-order chi connectivity index (χ0) is 21.3. The highest BCUT2D eigenvalue weighted by Gasteiger charge is 2.26. The number of hydrogen-bond acceptors (Lipinski definition) is 5. The molecule has 0 radical (unpaired) electrons. The van der Waals surface area contributed by atoms with Crippen LogP contribution in [0.25, 0.3) is 10.6 Å². The van der Waals surface area contributed by atoms with E-state index in [0.717, 1.165) is 66.0 Å². The average molecular weight is 577 g/mol. The van der Waals surface area contributed by atoms with E-state index in [9.17, 15) is 4.21 Å². The van der Waals surface area contributed by atoms with Crippen LogP contribution in [0.4, 0.5) is 0 Å². The van der Waals surface area contributed by atoms with Gasteiger partial charge < -0.3 is 15.4 Å². The van der Waals surface area contributed by atoms with Gasteiger partial charge in [-0.05, 0) is 50.5 Å². The molecule has 3 unspecified atom stereocenters. The van der Waals surface area contributed by atoms with Gasteiger partial charge >= 0.3 is 0 Å². The van der Waals surface area contributed by atoms with Crippen LogP contribution in [0, 0.1) is 0 Å². The summed E-state index contributed by atoms with van der Waals surface area (Å²) in [5.41, 5.74) is 2.04. The molecule has 2 aromatic rings. The number of benzene rings is 1. The Labute approximate surface area is 209 Å². The van der Waals surface area contributed by atoms with E-state index >= 15 is 0 Å². The molecule has 1 heterocycles. The number of thiazole rings is 1. The summed E-state index contributed by atoms with van der Waals surface area (Å²) in [6.45, 7) is 5.40. The van der Waals surface area contributed by atoms with E-state index in [-0.39, 0.29) is 24.0 Å². The topological polar surface area (TPSA) is 75.6 Å². The van der Waals surface area contributed by atoms with Gasteiger partial charge in [0.2, 0.25) is 0 Å². The van der Waals surface area contributed by atoms with Crippen LogP contribution in [-0.4, -0.2) is 45.9 Å². The molecule has 9 heteroatoms. The van der Waals surface area contributed by atoms with Crippen molar-refractivity contribution in [2.45, 2.75) is 57.4 Å². The molecular weight excluding hydrogens is 543 g/mol. The minimum Gasteiger partial charge on any atom is -0.497 e. The van der Waals surface area contributed by atoms with Gasteiger partial charge in [-0.25, -0.2) is 9.98 Å². The van der Waals surface area contributed by atoms with Crippen LogP contribution >= 0.6 is 35.3 Å². The Morgan fingerprint density at radius 3 is 2.74 bits per heavy atom. The number of guanidine groups is 1. The molecule has 1 saturated carbocycles. The fourth-order valence-electron chi connectivity index (χ4n) is 3.67. The van der Waals surface area contributed by atoms with Crippen molar-refractivity contribution in [1.82, 2.24) is 15.6 Å². The second-order valence-corrected chi connectivity index (χ2v) is 10.2. The van der Waals surface area contributed by atoms with E-state index in [0.29, 0.717) is 17.8 Å². The Balaban J connectivity index is 0.00000341.